The average Bonchev–Trinajstić information content (AvgIpc) is 2.62. The minimum absolute atomic E-state index is 0.585. The fourth-order valence-corrected chi connectivity index (χ4v) is 2.70. The molecule has 0 unspecified atom stereocenters. The number of anilines is 2. The standard InChI is InChI=1S/C17H17N7/c1-2-17(23-22-15(1)14-3-6-18-7-4-14)24-10-13(11-24)9-20-16-5-8-19-12-21-16/h1-8,12-13H,9-11H2,(H,19,20,21). The summed E-state index contributed by atoms with van der Waals surface area (Å²) >= 11 is 0. The van der Waals surface area contributed by atoms with Gasteiger partial charge in [-0.3, -0.25) is 4.98 Å². The van der Waals surface area contributed by atoms with Gasteiger partial charge < -0.3 is 10.2 Å². The van der Waals surface area contributed by atoms with Crippen LogP contribution in [0.3, 0.4) is 0 Å². The quantitative estimate of drug-likeness (QED) is 0.769. The Bertz CT molecular complexity index is 771. The zero-order valence-electron chi connectivity index (χ0n) is 13.1. The zero-order valence-corrected chi connectivity index (χ0v) is 13.1. The maximum Gasteiger partial charge on any atom is 0.151 e. The summed E-state index contributed by atoms with van der Waals surface area (Å²) in [5.74, 6) is 2.37. The van der Waals surface area contributed by atoms with Crippen molar-refractivity contribution in [3.63, 3.8) is 0 Å². The van der Waals surface area contributed by atoms with Crippen LogP contribution in [0.25, 0.3) is 11.3 Å². The Morgan fingerprint density at radius 2 is 1.79 bits per heavy atom. The van der Waals surface area contributed by atoms with Crippen LogP contribution in [0.2, 0.25) is 0 Å². The van der Waals surface area contributed by atoms with Crippen molar-refractivity contribution in [2.75, 3.05) is 29.9 Å². The van der Waals surface area contributed by atoms with Crippen molar-refractivity contribution in [2.45, 2.75) is 0 Å². The molecule has 0 aromatic carbocycles. The fourth-order valence-electron chi connectivity index (χ4n) is 2.70. The average molecular weight is 319 g/mol. The summed E-state index contributed by atoms with van der Waals surface area (Å²) in [6, 6.07) is 9.77. The lowest BCUT2D eigenvalue weighted by Crippen LogP contribution is -2.50. The molecule has 4 rings (SSSR count). The van der Waals surface area contributed by atoms with E-state index >= 15 is 0 Å². The highest BCUT2D eigenvalue weighted by molar-refractivity contribution is 5.59. The van der Waals surface area contributed by atoms with Gasteiger partial charge >= 0.3 is 0 Å². The Balaban J connectivity index is 1.31. The van der Waals surface area contributed by atoms with E-state index in [9.17, 15) is 0 Å². The highest BCUT2D eigenvalue weighted by Gasteiger charge is 2.27. The van der Waals surface area contributed by atoms with Gasteiger partial charge in [-0.2, -0.15) is 0 Å². The predicted octanol–water partition coefficient (Wildman–Crippen LogP) is 1.88. The Morgan fingerprint density at radius 1 is 0.958 bits per heavy atom. The number of pyridine rings is 1. The molecule has 3 aromatic heterocycles. The lowest BCUT2D eigenvalue weighted by atomic mass is 10.0. The summed E-state index contributed by atoms with van der Waals surface area (Å²) in [6.07, 6.45) is 6.81. The molecule has 0 spiro atoms. The van der Waals surface area contributed by atoms with Crippen molar-refractivity contribution in [3.05, 3.63) is 55.2 Å². The maximum atomic E-state index is 4.34. The molecule has 24 heavy (non-hydrogen) atoms. The lowest BCUT2D eigenvalue weighted by molar-refractivity contribution is 0.425. The molecule has 0 radical (unpaired) electrons. The summed E-state index contributed by atoms with van der Waals surface area (Å²) in [4.78, 5) is 14.3. The Hall–Kier alpha value is -3.09. The third-order valence-corrected chi connectivity index (χ3v) is 4.06. The second-order valence-electron chi connectivity index (χ2n) is 5.76. The molecule has 3 aromatic rings. The topological polar surface area (TPSA) is 79.7 Å². The van der Waals surface area contributed by atoms with Crippen molar-refractivity contribution in [1.29, 1.82) is 0 Å². The van der Waals surface area contributed by atoms with Crippen molar-refractivity contribution in [2.24, 2.45) is 5.92 Å². The van der Waals surface area contributed by atoms with Crippen LogP contribution in [-0.4, -0.2) is 44.8 Å². The van der Waals surface area contributed by atoms with E-state index in [4.69, 9.17) is 0 Å². The molecule has 0 amide bonds. The number of nitrogens with zero attached hydrogens (tertiary/aromatic N) is 6. The van der Waals surface area contributed by atoms with E-state index in [1.165, 1.54) is 0 Å². The Morgan fingerprint density at radius 3 is 2.50 bits per heavy atom. The van der Waals surface area contributed by atoms with Gasteiger partial charge in [0, 0.05) is 49.7 Å². The SMILES string of the molecule is c1cc(-c2ccc(N3CC(CNc4ccncn4)C3)nn2)ccn1. The monoisotopic (exact) mass is 319 g/mol. The van der Waals surface area contributed by atoms with Crippen LogP contribution in [0, 0.1) is 5.92 Å². The summed E-state index contributed by atoms with van der Waals surface area (Å²) < 4.78 is 0. The minimum Gasteiger partial charge on any atom is -0.370 e. The van der Waals surface area contributed by atoms with Gasteiger partial charge in [-0.1, -0.05) is 0 Å². The number of hydrogen-bond acceptors (Lipinski definition) is 7. The van der Waals surface area contributed by atoms with Crippen LogP contribution >= 0.6 is 0 Å². The number of aromatic nitrogens is 5. The molecule has 1 aliphatic heterocycles. The third kappa shape index (κ3) is 3.15. The van der Waals surface area contributed by atoms with Crippen LogP contribution < -0.4 is 10.2 Å². The molecule has 1 fully saturated rings. The molecule has 7 heteroatoms. The second kappa shape index (κ2) is 6.57. The molecular weight excluding hydrogens is 302 g/mol. The van der Waals surface area contributed by atoms with Crippen molar-refractivity contribution >= 4 is 11.6 Å². The first-order valence-corrected chi connectivity index (χ1v) is 7.87. The van der Waals surface area contributed by atoms with Gasteiger partial charge in [0.15, 0.2) is 5.82 Å². The molecule has 0 saturated carbocycles. The van der Waals surface area contributed by atoms with Crippen LogP contribution in [0.4, 0.5) is 11.6 Å². The summed E-state index contributed by atoms with van der Waals surface area (Å²) in [6.45, 7) is 2.85. The third-order valence-electron chi connectivity index (χ3n) is 4.06. The van der Waals surface area contributed by atoms with Crippen LogP contribution in [0.5, 0.6) is 0 Å². The van der Waals surface area contributed by atoms with Crippen LogP contribution in [-0.2, 0) is 0 Å². The number of nitrogens with one attached hydrogen (secondary N) is 1. The Kier molecular flexibility index (Phi) is 3.97. The number of rotatable bonds is 5. The van der Waals surface area contributed by atoms with Crippen molar-refractivity contribution in [1.82, 2.24) is 25.1 Å². The van der Waals surface area contributed by atoms with Gasteiger partial charge in [-0.15, -0.1) is 10.2 Å². The van der Waals surface area contributed by atoms with Gasteiger partial charge in [0.2, 0.25) is 0 Å². The number of hydrogen-bond donors (Lipinski definition) is 1. The van der Waals surface area contributed by atoms with Gasteiger partial charge in [0.05, 0.1) is 5.69 Å². The van der Waals surface area contributed by atoms with Gasteiger partial charge in [-0.25, -0.2) is 9.97 Å². The lowest BCUT2D eigenvalue weighted by Gasteiger charge is -2.40. The van der Waals surface area contributed by atoms with E-state index in [0.717, 1.165) is 42.5 Å². The molecule has 1 saturated heterocycles. The first-order chi connectivity index (χ1) is 11.9. The van der Waals surface area contributed by atoms with Crippen molar-refractivity contribution in [3.8, 4) is 11.3 Å². The first kappa shape index (κ1) is 14.5. The van der Waals surface area contributed by atoms with E-state index in [1.54, 1.807) is 24.9 Å². The van der Waals surface area contributed by atoms with E-state index in [0.29, 0.717) is 5.92 Å². The maximum absolute atomic E-state index is 4.34. The largest absolute Gasteiger partial charge is 0.370 e. The molecule has 0 atom stereocenters. The molecule has 1 N–H and O–H groups in total. The van der Waals surface area contributed by atoms with E-state index in [1.807, 2.05) is 30.3 Å². The van der Waals surface area contributed by atoms with Crippen LogP contribution in [0.15, 0.2) is 55.2 Å². The first-order valence-electron chi connectivity index (χ1n) is 7.87. The molecule has 4 heterocycles. The molecule has 120 valence electrons. The zero-order chi connectivity index (χ0) is 16.2. The van der Waals surface area contributed by atoms with E-state index in [-0.39, 0.29) is 0 Å². The summed E-state index contributed by atoms with van der Waals surface area (Å²) in [5.41, 5.74) is 1.89. The molecule has 7 nitrogen and oxygen atoms in total. The Labute approximate surface area is 139 Å². The van der Waals surface area contributed by atoms with Gasteiger partial charge in [0.25, 0.3) is 0 Å². The highest BCUT2D eigenvalue weighted by Crippen LogP contribution is 2.24. The molecule has 0 aliphatic carbocycles. The fraction of sp³-hybridized carbons (Fsp3) is 0.235. The van der Waals surface area contributed by atoms with Gasteiger partial charge in [-0.05, 0) is 30.3 Å². The highest BCUT2D eigenvalue weighted by atomic mass is 15.3. The molecular formula is C17H17N7. The second-order valence-corrected chi connectivity index (χ2v) is 5.76. The molecule has 1 aliphatic rings. The summed E-state index contributed by atoms with van der Waals surface area (Å²) in [7, 11) is 0. The predicted molar refractivity (Wildman–Crippen MR) is 91.5 cm³/mol. The normalized spacial score (nSPS) is 14.2. The van der Waals surface area contributed by atoms with E-state index in [2.05, 4.69) is 35.4 Å². The smallest absolute Gasteiger partial charge is 0.151 e. The minimum atomic E-state index is 0.585. The molecule has 0 bridgehead atoms. The van der Waals surface area contributed by atoms with E-state index < -0.39 is 0 Å². The summed E-state index contributed by atoms with van der Waals surface area (Å²) in [5, 5.41) is 12.0. The van der Waals surface area contributed by atoms with Crippen molar-refractivity contribution < 1.29 is 0 Å². The van der Waals surface area contributed by atoms with Crippen LogP contribution in [0.1, 0.15) is 0 Å². The van der Waals surface area contributed by atoms with Gasteiger partial charge in [0.1, 0.15) is 12.1 Å².